The summed E-state index contributed by atoms with van der Waals surface area (Å²) in [4.78, 5) is 28.1. The summed E-state index contributed by atoms with van der Waals surface area (Å²) in [6.45, 7) is 4.58. The molecular weight excluding hydrogens is 354 g/mol. The van der Waals surface area contributed by atoms with Crippen molar-refractivity contribution in [3.8, 4) is 5.69 Å². The maximum absolute atomic E-state index is 12.9. The molecule has 144 valence electrons. The van der Waals surface area contributed by atoms with Gasteiger partial charge in [-0.2, -0.15) is 0 Å². The molecule has 0 radical (unpaired) electrons. The molecule has 1 saturated heterocycles. The fourth-order valence-electron chi connectivity index (χ4n) is 3.50. The molecule has 0 unspecified atom stereocenters. The lowest BCUT2D eigenvalue weighted by Gasteiger charge is -2.26. The van der Waals surface area contributed by atoms with E-state index in [9.17, 15) is 9.59 Å². The van der Waals surface area contributed by atoms with E-state index in [4.69, 9.17) is 4.74 Å². The number of aromatic nitrogens is 1. The molecule has 0 saturated carbocycles. The average molecular weight is 377 g/mol. The van der Waals surface area contributed by atoms with E-state index in [1.54, 1.807) is 16.8 Å². The number of morpholine rings is 1. The summed E-state index contributed by atoms with van der Waals surface area (Å²) < 4.78 is 6.89. The summed E-state index contributed by atoms with van der Waals surface area (Å²) in [7, 11) is 0. The maximum atomic E-state index is 12.9. The van der Waals surface area contributed by atoms with Gasteiger partial charge < -0.3 is 10.1 Å². The predicted octanol–water partition coefficient (Wildman–Crippen LogP) is 2.05. The van der Waals surface area contributed by atoms with Crippen molar-refractivity contribution in [2.75, 3.05) is 39.4 Å². The van der Waals surface area contributed by atoms with Gasteiger partial charge in [0.05, 0.1) is 18.8 Å². The number of carbonyl (C=O) groups is 1. The van der Waals surface area contributed by atoms with Crippen LogP contribution in [0.3, 0.4) is 0 Å². The topological polar surface area (TPSA) is 63.6 Å². The van der Waals surface area contributed by atoms with E-state index < -0.39 is 0 Å². The minimum atomic E-state index is -0.172. The molecule has 6 heteroatoms. The smallest absolute Gasteiger partial charge is 0.262 e. The first-order chi connectivity index (χ1) is 13.7. The van der Waals surface area contributed by atoms with Gasteiger partial charge in [0.15, 0.2) is 0 Å². The highest BCUT2D eigenvalue weighted by Gasteiger charge is 2.16. The molecule has 2 heterocycles. The summed E-state index contributed by atoms with van der Waals surface area (Å²) in [5.74, 6) is -0.172. The number of hydrogen-bond acceptors (Lipinski definition) is 4. The van der Waals surface area contributed by atoms with E-state index in [2.05, 4.69) is 10.2 Å². The van der Waals surface area contributed by atoms with Gasteiger partial charge in [0.2, 0.25) is 0 Å². The summed E-state index contributed by atoms with van der Waals surface area (Å²) in [5, 5.41) is 4.20. The van der Waals surface area contributed by atoms with Crippen LogP contribution in [-0.4, -0.2) is 54.8 Å². The summed E-state index contributed by atoms with van der Waals surface area (Å²) in [6.07, 6.45) is 1.64. The Morgan fingerprint density at radius 2 is 1.64 bits per heavy atom. The normalized spacial score (nSPS) is 14.9. The molecule has 3 aromatic rings. The van der Waals surface area contributed by atoms with Crippen molar-refractivity contribution in [2.45, 2.75) is 0 Å². The second-order valence-electron chi connectivity index (χ2n) is 6.81. The van der Waals surface area contributed by atoms with Crippen LogP contribution in [0.2, 0.25) is 0 Å². The largest absolute Gasteiger partial charge is 0.379 e. The van der Waals surface area contributed by atoms with Crippen molar-refractivity contribution in [1.29, 1.82) is 0 Å². The molecule has 4 rings (SSSR count). The van der Waals surface area contributed by atoms with Crippen molar-refractivity contribution >= 4 is 16.7 Å². The number of para-hydroxylation sites is 1. The first-order valence-electron chi connectivity index (χ1n) is 9.52. The van der Waals surface area contributed by atoms with Gasteiger partial charge in [0, 0.05) is 48.8 Å². The van der Waals surface area contributed by atoms with Gasteiger partial charge in [-0.3, -0.25) is 19.1 Å². The van der Waals surface area contributed by atoms with Crippen molar-refractivity contribution in [2.24, 2.45) is 0 Å². The third-order valence-corrected chi connectivity index (χ3v) is 5.02. The second kappa shape index (κ2) is 8.37. The van der Waals surface area contributed by atoms with Crippen LogP contribution in [0.4, 0.5) is 0 Å². The van der Waals surface area contributed by atoms with Crippen LogP contribution in [0.25, 0.3) is 16.5 Å². The highest BCUT2D eigenvalue weighted by atomic mass is 16.5. The molecule has 1 aliphatic heterocycles. The van der Waals surface area contributed by atoms with Gasteiger partial charge in [-0.05, 0) is 18.2 Å². The number of carbonyl (C=O) groups excluding carboxylic acids is 1. The molecule has 1 amide bonds. The predicted molar refractivity (Wildman–Crippen MR) is 109 cm³/mol. The molecule has 1 aromatic heterocycles. The fraction of sp³-hybridized carbons (Fsp3) is 0.273. The minimum absolute atomic E-state index is 0.133. The van der Waals surface area contributed by atoms with E-state index in [0.29, 0.717) is 22.9 Å². The highest BCUT2D eigenvalue weighted by molar-refractivity contribution is 6.06. The van der Waals surface area contributed by atoms with Crippen LogP contribution in [-0.2, 0) is 4.74 Å². The molecule has 0 aliphatic carbocycles. The molecular formula is C22H23N3O3. The van der Waals surface area contributed by atoms with E-state index >= 15 is 0 Å². The fourth-order valence-corrected chi connectivity index (χ4v) is 3.50. The molecule has 28 heavy (non-hydrogen) atoms. The van der Waals surface area contributed by atoms with E-state index in [0.717, 1.165) is 38.5 Å². The Morgan fingerprint density at radius 3 is 2.39 bits per heavy atom. The Bertz CT molecular complexity index is 1020. The number of nitrogens with one attached hydrogen (secondary N) is 1. The molecule has 0 bridgehead atoms. The van der Waals surface area contributed by atoms with Crippen LogP contribution in [0.1, 0.15) is 10.4 Å². The number of ether oxygens (including phenoxy) is 1. The highest BCUT2D eigenvalue weighted by Crippen LogP contribution is 2.17. The Kier molecular flexibility index (Phi) is 5.50. The number of nitrogens with zero attached hydrogens (tertiary/aromatic N) is 2. The Hall–Kier alpha value is -2.96. The van der Waals surface area contributed by atoms with Gasteiger partial charge in [0.25, 0.3) is 11.5 Å². The molecule has 1 N–H and O–H groups in total. The monoisotopic (exact) mass is 377 g/mol. The van der Waals surface area contributed by atoms with Crippen LogP contribution in [0, 0.1) is 0 Å². The number of benzene rings is 2. The standard InChI is InChI=1S/C22H23N3O3/c26-21(23-10-11-24-12-14-28-15-13-24)20-16-25(17-6-2-1-3-7-17)22(27)19-9-5-4-8-18(19)20/h1-9,16H,10-15H2,(H,23,26). The first kappa shape index (κ1) is 18.4. The van der Waals surface area contributed by atoms with E-state index in [-0.39, 0.29) is 11.5 Å². The van der Waals surface area contributed by atoms with Crippen LogP contribution in [0.5, 0.6) is 0 Å². The number of fused-ring (bicyclic) bond motifs is 1. The quantitative estimate of drug-likeness (QED) is 0.739. The molecule has 1 fully saturated rings. The van der Waals surface area contributed by atoms with Crippen molar-refractivity contribution in [1.82, 2.24) is 14.8 Å². The number of hydrogen-bond donors (Lipinski definition) is 1. The SMILES string of the molecule is O=C(NCCN1CCOCC1)c1cn(-c2ccccc2)c(=O)c2ccccc12. The Morgan fingerprint density at radius 1 is 0.964 bits per heavy atom. The Labute approximate surface area is 163 Å². The summed E-state index contributed by atoms with van der Waals surface area (Å²) >= 11 is 0. The molecule has 0 spiro atoms. The molecule has 2 aromatic carbocycles. The van der Waals surface area contributed by atoms with Gasteiger partial charge in [-0.1, -0.05) is 36.4 Å². The third-order valence-electron chi connectivity index (χ3n) is 5.02. The maximum Gasteiger partial charge on any atom is 0.262 e. The summed E-state index contributed by atoms with van der Waals surface area (Å²) in [6, 6.07) is 16.6. The first-order valence-corrected chi connectivity index (χ1v) is 9.52. The van der Waals surface area contributed by atoms with E-state index in [1.807, 2.05) is 48.5 Å². The van der Waals surface area contributed by atoms with Gasteiger partial charge in [0.1, 0.15) is 0 Å². The van der Waals surface area contributed by atoms with Crippen LogP contribution < -0.4 is 10.9 Å². The van der Waals surface area contributed by atoms with Gasteiger partial charge in [-0.15, -0.1) is 0 Å². The molecule has 6 nitrogen and oxygen atoms in total. The minimum Gasteiger partial charge on any atom is -0.379 e. The third kappa shape index (κ3) is 3.83. The van der Waals surface area contributed by atoms with Crippen LogP contribution >= 0.6 is 0 Å². The van der Waals surface area contributed by atoms with Gasteiger partial charge in [-0.25, -0.2) is 0 Å². The zero-order valence-electron chi connectivity index (χ0n) is 15.6. The zero-order chi connectivity index (χ0) is 19.3. The summed E-state index contributed by atoms with van der Waals surface area (Å²) in [5.41, 5.74) is 1.10. The zero-order valence-corrected chi connectivity index (χ0v) is 15.6. The van der Waals surface area contributed by atoms with Crippen molar-refractivity contribution < 1.29 is 9.53 Å². The lowest BCUT2D eigenvalue weighted by molar-refractivity contribution is 0.0383. The number of rotatable bonds is 5. The molecule has 0 atom stereocenters. The van der Waals surface area contributed by atoms with Gasteiger partial charge >= 0.3 is 0 Å². The van der Waals surface area contributed by atoms with Crippen molar-refractivity contribution in [3.05, 3.63) is 76.7 Å². The van der Waals surface area contributed by atoms with Crippen molar-refractivity contribution in [3.63, 3.8) is 0 Å². The number of amides is 1. The average Bonchev–Trinajstić information content (AvgIpc) is 2.75. The Balaban J connectivity index is 1.63. The lowest BCUT2D eigenvalue weighted by Crippen LogP contribution is -2.41. The number of pyridine rings is 1. The van der Waals surface area contributed by atoms with Crippen LogP contribution in [0.15, 0.2) is 65.6 Å². The molecule has 1 aliphatic rings. The lowest BCUT2D eigenvalue weighted by atomic mass is 10.1. The second-order valence-corrected chi connectivity index (χ2v) is 6.81. The van der Waals surface area contributed by atoms with E-state index in [1.165, 1.54) is 0 Å².